The van der Waals surface area contributed by atoms with Gasteiger partial charge in [-0.2, -0.15) is 0 Å². The van der Waals surface area contributed by atoms with Crippen molar-refractivity contribution in [1.29, 1.82) is 0 Å². The topological polar surface area (TPSA) is 86.9 Å². The number of hydrogen-bond donors (Lipinski definition) is 2. The Morgan fingerprint density at radius 1 is 1.19 bits per heavy atom. The minimum absolute atomic E-state index is 0.118. The number of anilines is 1. The van der Waals surface area contributed by atoms with Crippen molar-refractivity contribution >= 4 is 17.6 Å². The second-order valence-electron chi connectivity index (χ2n) is 5.31. The summed E-state index contributed by atoms with van der Waals surface area (Å²) in [5.74, 6) is -0.868. The van der Waals surface area contributed by atoms with Gasteiger partial charge in [0, 0.05) is 38.8 Å². The van der Waals surface area contributed by atoms with Crippen LogP contribution in [-0.2, 0) is 16.0 Å². The van der Waals surface area contributed by atoms with Crippen LogP contribution in [-0.4, -0.2) is 54.1 Å². The third-order valence-corrected chi connectivity index (χ3v) is 3.80. The molecule has 6 heteroatoms. The first-order valence-electron chi connectivity index (χ1n) is 7.05. The monoisotopic (exact) mass is 291 g/mol. The van der Waals surface area contributed by atoms with Crippen LogP contribution in [0.5, 0.6) is 0 Å². The highest BCUT2D eigenvalue weighted by Crippen LogP contribution is 2.18. The van der Waals surface area contributed by atoms with Crippen LogP contribution in [0.4, 0.5) is 5.69 Å². The minimum Gasteiger partial charge on any atom is -0.480 e. The quantitative estimate of drug-likeness (QED) is 0.833. The average Bonchev–Trinajstić information content (AvgIpc) is 2.48. The number of carboxylic acids is 1. The second-order valence-corrected chi connectivity index (χ2v) is 5.31. The summed E-state index contributed by atoms with van der Waals surface area (Å²) < 4.78 is 0. The number of piperazine rings is 1. The predicted molar refractivity (Wildman–Crippen MR) is 80.2 cm³/mol. The molecule has 0 spiro atoms. The van der Waals surface area contributed by atoms with Gasteiger partial charge in [0.25, 0.3) is 0 Å². The highest BCUT2D eigenvalue weighted by atomic mass is 16.4. The molecule has 1 aromatic carbocycles. The number of aliphatic carboxylic acids is 1. The van der Waals surface area contributed by atoms with Crippen LogP contribution < -0.4 is 10.6 Å². The lowest BCUT2D eigenvalue weighted by Gasteiger charge is -2.35. The van der Waals surface area contributed by atoms with E-state index in [2.05, 4.69) is 4.90 Å². The molecular formula is C15H21N3O3. The zero-order chi connectivity index (χ0) is 15.4. The SMILES string of the molecule is CC(=O)N1CCN(c2ccc(C[C@H](N)C(=O)O)cc2)CC1. The molecule has 1 atom stereocenters. The molecule has 1 aromatic rings. The zero-order valence-corrected chi connectivity index (χ0v) is 12.2. The lowest BCUT2D eigenvalue weighted by molar-refractivity contribution is -0.138. The maximum absolute atomic E-state index is 11.3. The Bertz CT molecular complexity index is 507. The number of benzene rings is 1. The van der Waals surface area contributed by atoms with Crippen LogP contribution in [0.15, 0.2) is 24.3 Å². The number of amides is 1. The molecule has 0 saturated carbocycles. The molecular weight excluding hydrogens is 270 g/mol. The van der Waals surface area contributed by atoms with Gasteiger partial charge in [0.1, 0.15) is 6.04 Å². The normalized spacial score (nSPS) is 16.7. The second kappa shape index (κ2) is 6.58. The molecule has 1 saturated heterocycles. The van der Waals surface area contributed by atoms with Gasteiger partial charge < -0.3 is 20.6 Å². The Morgan fingerprint density at radius 2 is 1.76 bits per heavy atom. The van der Waals surface area contributed by atoms with E-state index in [1.807, 2.05) is 29.2 Å². The first-order chi connectivity index (χ1) is 9.97. The summed E-state index contributed by atoms with van der Waals surface area (Å²) in [5, 5.41) is 8.81. The van der Waals surface area contributed by atoms with Crippen LogP contribution in [0.1, 0.15) is 12.5 Å². The van der Waals surface area contributed by atoms with Crippen LogP contribution in [0.2, 0.25) is 0 Å². The molecule has 1 fully saturated rings. The highest BCUT2D eigenvalue weighted by molar-refractivity contribution is 5.74. The number of rotatable bonds is 4. The Kier molecular flexibility index (Phi) is 4.80. The van der Waals surface area contributed by atoms with Crippen molar-refractivity contribution in [3.05, 3.63) is 29.8 Å². The Balaban J connectivity index is 1.94. The number of hydrogen-bond acceptors (Lipinski definition) is 4. The Morgan fingerprint density at radius 3 is 2.24 bits per heavy atom. The van der Waals surface area contributed by atoms with Crippen LogP contribution in [0.25, 0.3) is 0 Å². The number of carboxylic acid groups (broad SMARTS) is 1. The van der Waals surface area contributed by atoms with Gasteiger partial charge in [-0.3, -0.25) is 9.59 Å². The predicted octanol–water partition coefficient (Wildman–Crippen LogP) is 0.310. The van der Waals surface area contributed by atoms with E-state index in [1.165, 1.54) is 0 Å². The lowest BCUT2D eigenvalue weighted by atomic mass is 10.1. The van der Waals surface area contributed by atoms with E-state index >= 15 is 0 Å². The lowest BCUT2D eigenvalue weighted by Crippen LogP contribution is -2.48. The number of carbonyl (C=O) groups is 2. The molecule has 0 aromatic heterocycles. The number of carbonyl (C=O) groups excluding carboxylic acids is 1. The molecule has 2 rings (SSSR count). The molecule has 0 aliphatic carbocycles. The number of nitrogens with two attached hydrogens (primary N) is 1. The average molecular weight is 291 g/mol. The summed E-state index contributed by atoms with van der Waals surface area (Å²) in [4.78, 5) is 26.1. The van der Waals surface area contributed by atoms with E-state index in [0.717, 1.165) is 37.4 Å². The van der Waals surface area contributed by atoms with Crippen molar-refractivity contribution in [3.63, 3.8) is 0 Å². The van der Waals surface area contributed by atoms with Gasteiger partial charge in [0.05, 0.1) is 0 Å². The molecule has 21 heavy (non-hydrogen) atoms. The largest absolute Gasteiger partial charge is 0.480 e. The van der Waals surface area contributed by atoms with Crippen LogP contribution in [0, 0.1) is 0 Å². The fourth-order valence-corrected chi connectivity index (χ4v) is 2.46. The third-order valence-electron chi connectivity index (χ3n) is 3.80. The smallest absolute Gasteiger partial charge is 0.320 e. The van der Waals surface area contributed by atoms with E-state index in [0.29, 0.717) is 6.42 Å². The van der Waals surface area contributed by atoms with Crippen molar-refractivity contribution in [2.75, 3.05) is 31.1 Å². The summed E-state index contributed by atoms with van der Waals surface area (Å²) in [5.41, 5.74) is 7.53. The molecule has 0 bridgehead atoms. The molecule has 0 radical (unpaired) electrons. The van der Waals surface area contributed by atoms with E-state index in [9.17, 15) is 9.59 Å². The van der Waals surface area contributed by atoms with Gasteiger partial charge in [-0.05, 0) is 24.1 Å². The van der Waals surface area contributed by atoms with Crippen molar-refractivity contribution in [2.45, 2.75) is 19.4 Å². The van der Waals surface area contributed by atoms with Crippen molar-refractivity contribution < 1.29 is 14.7 Å². The van der Waals surface area contributed by atoms with Crippen molar-refractivity contribution in [1.82, 2.24) is 4.90 Å². The molecule has 1 heterocycles. The van der Waals surface area contributed by atoms with Gasteiger partial charge >= 0.3 is 5.97 Å². The van der Waals surface area contributed by atoms with E-state index < -0.39 is 12.0 Å². The van der Waals surface area contributed by atoms with Crippen molar-refractivity contribution in [3.8, 4) is 0 Å². The number of nitrogens with zero attached hydrogens (tertiary/aromatic N) is 2. The molecule has 1 aliphatic heterocycles. The van der Waals surface area contributed by atoms with E-state index in [-0.39, 0.29) is 5.91 Å². The van der Waals surface area contributed by atoms with E-state index in [1.54, 1.807) is 6.92 Å². The fraction of sp³-hybridized carbons (Fsp3) is 0.467. The maximum atomic E-state index is 11.3. The molecule has 6 nitrogen and oxygen atoms in total. The molecule has 114 valence electrons. The maximum Gasteiger partial charge on any atom is 0.320 e. The van der Waals surface area contributed by atoms with Gasteiger partial charge in [0.2, 0.25) is 5.91 Å². The Hall–Kier alpha value is -2.08. The first-order valence-corrected chi connectivity index (χ1v) is 7.05. The summed E-state index contributed by atoms with van der Waals surface area (Å²) >= 11 is 0. The first kappa shape index (κ1) is 15.3. The molecule has 1 aliphatic rings. The minimum atomic E-state index is -0.987. The fourth-order valence-electron chi connectivity index (χ4n) is 2.46. The Labute approximate surface area is 124 Å². The summed E-state index contributed by atoms with van der Waals surface area (Å²) in [6.07, 6.45) is 0.327. The highest BCUT2D eigenvalue weighted by Gasteiger charge is 2.19. The molecule has 3 N–H and O–H groups in total. The van der Waals surface area contributed by atoms with E-state index in [4.69, 9.17) is 10.8 Å². The van der Waals surface area contributed by atoms with Crippen molar-refractivity contribution in [2.24, 2.45) is 5.73 Å². The summed E-state index contributed by atoms with van der Waals surface area (Å²) in [6, 6.07) is 6.92. The van der Waals surface area contributed by atoms with Crippen LogP contribution >= 0.6 is 0 Å². The van der Waals surface area contributed by atoms with Crippen LogP contribution in [0.3, 0.4) is 0 Å². The van der Waals surface area contributed by atoms with Gasteiger partial charge in [-0.15, -0.1) is 0 Å². The molecule has 1 amide bonds. The summed E-state index contributed by atoms with van der Waals surface area (Å²) in [6.45, 7) is 4.69. The molecule has 0 unspecified atom stereocenters. The van der Waals surface area contributed by atoms with Gasteiger partial charge in [-0.1, -0.05) is 12.1 Å². The van der Waals surface area contributed by atoms with Gasteiger partial charge in [0.15, 0.2) is 0 Å². The zero-order valence-electron chi connectivity index (χ0n) is 12.2. The third kappa shape index (κ3) is 3.95. The summed E-state index contributed by atoms with van der Waals surface area (Å²) in [7, 11) is 0. The van der Waals surface area contributed by atoms with Gasteiger partial charge in [-0.25, -0.2) is 0 Å². The standard InChI is InChI=1S/C15H21N3O3/c1-11(19)17-6-8-18(9-7-17)13-4-2-12(3-5-13)10-14(16)15(20)21/h2-5,14H,6-10,16H2,1H3,(H,20,21)/t14-/m0/s1.